The Hall–Kier alpha value is -2.01. The molecule has 0 spiro atoms. The molecular weight excluding hydrogens is 344 g/mol. The number of halogens is 1. The summed E-state index contributed by atoms with van der Waals surface area (Å²) in [6.07, 6.45) is 0. The first-order valence-corrected chi connectivity index (χ1v) is 7.85. The number of ether oxygens (including phenoxy) is 1. The van der Waals surface area contributed by atoms with E-state index < -0.39 is 0 Å². The highest BCUT2D eigenvalue weighted by Gasteiger charge is 2.03. The number of benzene rings is 2. The van der Waals surface area contributed by atoms with E-state index in [0.717, 1.165) is 21.5 Å². The highest BCUT2D eigenvalue weighted by atomic mass is 79.9. The number of amides is 2. The van der Waals surface area contributed by atoms with E-state index in [1.54, 1.807) is 0 Å². The maximum atomic E-state index is 11.8. The van der Waals surface area contributed by atoms with Crippen molar-refractivity contribution in [3.05, 3.63) is 58.1 Å². The lowest BCUT2D eigenvalue weighted by Crippen LogP contribution is -2.32. The zero-order chi connectivity index (χ0) is 15.9. The van der Waals surface area contributed by atoms with E-state index >= 15 is 0 Å². The standard InChI is InChI=1S/C17H19BrN2O2/c1-12-7-8-14(11-13(12)2)20-17(21)19-9-10-22-16-6-4-3-5-15(16)18/h3-8,11H,9-10H2,1-2H3,(H2,19,20,21). The molecule has 4 nitrogen and oxygen atoms in total. The number of aryl methyl sites for hydroxylation is 2. The quantitative estimate of drug-likeness (QED) is 0.780. The van der Waals surface area contributed by atoms with Gasteiger partial charge in [0.2, 0.25) is 0 Å². The topological polar surface area (TPSA) is 50.4 Å². The molecule has 0 heterocycles. The Balaban J connectivity index is 1.74. The molecule has 0 aromatic heterocycles. The van der Waals surface area contributed by atoms with Crippen molar-refractivity contribution in [2.75, 3.05) is 18.5 Å². The molecule has 2 aromatic carbocycles. The molecule has 2 aromatic rings. The molecule has 2 N–H and O–H groups in total. The Morgan fingerprint density at radius 1 is 1.14 bits per heavy atom. The number of rotatable bonds is 5. The first-order chi connectivity index (χ1) is 10.6. The van der Waals surface area contributed by atoms with Gasteiger partial charge in [0.05, 0.1) is 11.0 Å². The molecule has 0 saturated carbocycles. The lowest BCUT2D eigenvalue weighted by atomic mass is 10.1. The summed E-state index contributed by atoms with van der Waals surface area (Å²) in [4.78, 5) is 11.8. The summed E-state index contributed by atoms with van der Waals surface area (Å²) in [6, 6.07) is 13.2. The van der Waals surface area contributed by atoms with E-state index in [0.29, 0.717) is 13.2 Å². The van der Waals surface area contributed by atoms with Crippen LogP contribution in [0.25, 0.3) is 0 Å². The molecular formula is C17H19BrN2O2. The Morgan fingerprint density at radius 2 is 1.91 bits per heavy atom. The Bertz CT molecular complexity index is 659. The smallest absolute Gasteiger partial charge is 0.319 e. The highest BCUT2D eigenvalue weighted by molar-refractivity contribution is 9.10. The van der Waals surface area contributed by atoms with Crippen LogP contribution in [0, 0.1) is 13.8 Å². The van der Waals surface area contributed by atoms with Crippen LogP contribution in [0.5, 0.6) is 5.75 Å². The van der Waals surface area contributed by atoms with Gasteiger partial charge < -0.3 is 15.4 Å². The molecule has 0 radical (unpaired) electrons. The molecule has 0 unspecified atom stereocenters. The molecule has 0 bridgehead atoms. The molecule has 0 aliphatic carbocycles. The van der Waals surface area contributed by atoms with Crippen molar-refractivity contribution in [2.45, 2.75) is 13.8 Å². The second kappa shape index (κ2) is 7.84. The molecule has 0 atom stereocenters. The van der Waals surface area contributed by atoms with Crippen LogP contribution in [0.3, 0.4) is 0 Å². The Morgan fingerprint density at radius 3 is 2.64 bits per heavy atom. The van der Waals surface area contributed by atoms with E-state index in [4.69, 9.17) is 4.74 Å². The summed E-state index contributed by atoms with van der Waals surface area (Å²) in [6.45, 7) is 4.89. The van der Waals surface area contributed by atoms with Crippen molar-refractivity contribution < 1.29 is 9.53 Å². The van der Waals surface area contributed by atoms with Crippen LogP contribution in [0.1, 0.15) is 11.1 Å². The third-order valence-electron chi connectivity index (χ3n) is 3.25. The fourth-order valence-corrected chi connectivity index (χ4v) is 2.28. The molecule has 116 valence electrons. The normalized spacial score (nSPS) is 10.1. The summed E-state index contributed by atoms with van der Waals surface area (Å²) in [5.74, 6) is 0.763. The summed E-state index contributed by atoms with van der Waals surface area (Å²) in [5.41, 5.74) is 3.13. The number of hydrogen-bond donors (Lipinski definition) is 2. The van der Waals surface area contributed by atoms with Gasteiger partial charge in [0.15, 0.2) is 0 Å². The Kier molecular flexibility index (Phi) is 5.83. The third-order valence-corrected chi connectivity index (χ3v) is 3.90. The maximum Gasteiger partial charge on any atom is 0.319 e. The van der Waals surface area contributed by atoms with Crippen molar-refractivity contribution in [2.24, 2.45) is 0 Å². The van der Waals surface area contributed by atoms with Crippen LogP contribution < -0.4 is 15.4 Å². The molecule has 0 aliphatic heterocycles. The average molecular weight is 363 g/mol. The van der Waals surface area contributed by atoms with Crippen molar-refractivity contribution in [1.82, 2.24) is 5.32 Å². The van der Waals surface area contributed by atoms with Gasteiger partial charge in [-0.2, -0.15) is 0 Å². The van der Waals surface area contributed by atoms with Gasteiger partial charge >= 0.3 is 6.03 Å². The summed E-state index contributed by atoms with van der Waals surface area (Å²) in [7, 11) is 0. The predicted molar refractivity (Wildman–Crippen MR) is 92.6 cm³/mol. The lowest BCUT2D eigenvalue weighted by Gasteiger charge is -2.11. The predicted octanol–water partition coefficient (Wildman–Crippen LogP) is 4.27. The minimum absolute atomic E-state index is 0.237. The van der Waals surface area contributed by atoms with E-state index in [9.17, 15) is 4.79 Å². The van der Waals surface area contributed by atoms with Crippen LogP contribution in [0.15, 0.2) is 46.9 Å². The summed E-state index contributed by atoms with van der Waals surface area (Å²) >= 11 is 3.41. The molecule has 2 rings (SSSR count). The summed E-state index contributed by atoms with van der Waals surface area (Å²) < 4.78 is 6.48. The molecule has 2 amide bonds. The van der Waals surface area contributed by atoms with Crippen LogP contribution in [0.4, 0.5) is 10.5 Å². The van der Waals surface area contributed by atoms with E-state index in [1.165, 1.54) is 5.56 Å². The molecule has 5 heteroatoms. The fourth-order valence-electron chi connectivity index (χ4n) is 1.88. The molecule has 0 saturated heterocycles. The second-order valence-electron chi connectivity index (χ2n) is 4.96. The number of hydrogen-bond acceptors (Lipinski definition) is 2. The number of nitrogens with one attached hydrogen (secondary N) is 2. The molecule has 0 aliphatic rings. The zero-order valence-corrected chi connectivity index (χ0v) is 14.2. The second-order valence-corrected chi connectivity index (χ2v) is 5.81. The first-order valence-electron chi connectivity index (χ1n) is 7.05. The minimum Gasteiger partial charge on any atom is -0.491 e. The molecule has 0 fully saturated rings. The van der Waals surface area contributed by atoms with E-state index in [1.807, 2.05) is 56.3 Å². The van der Waals surface area contributed by atoms with Gasteiger partial charge in [0.1, 0.15) is 12.4 Å². The largest absolute Gasteiger partial charge is 0.491 e. The van der Waals surface area contributed by atoms with E-state index in [2.05, 4.69) is 26.6 Å². The van der Waals surface area contributed by atoms with Crippen molar-refractivity contribution >= 4 is 27.6 Å². The first kappa shape index (κ1) is 16.4. The van der Waals surface area contributed by atoms with Crippen LogP contribution >= 0.6 is 15.9 Å². The van der Waals surface area contributed by atoms with Crippen LogP contribution in [-0.2, 0) is 0 Å². The maximum absolute atomic E-state index is 11.8. The highest BCUT2D eigenvalue weighted by Crippen LogP contribution is 2.23. The van der Waals surface area contributed by atoms with Gasteiger partial charge in [-0.25, -0.2) is 4.79 Å². The van der Waals surface area contributed by atoms with Crippen LogP contribution in [0.2, 0.25) is 0 Å². The monoisotopic (exact) mass is 362 g/mol. The van der Waals surface area contributed by atoms with Gasteiger partial charge in [-0.05, 0) is 65.2 Å². The zero-order valence-electron chi connectivity index (χ0n) is 12.7. The van der Waals surface area contributed by atoms with Crippen molar-refractivity contribution in [3.63, 3.8) is 0 Å². The third kappa shape index (κ3) is 4.77. The molecule has 22 heavy (non-hydrogen) atoms. The minimum atomic E-state index is -0.237. The number of urea groups is 1. The number of carbonyl (C=O) groups excluding carboxylic acids is 1. The van der Waals surface area contributed by atoms with Gasteiger partial charge in [0, 0.05) is 5.69 Å². The van der Waals surface area contributed by atoms with Gasteiger partial charge in [-0.3, -0.25) is 0 Å². The average Bonchev–Trinajstić information content (AvgIpc) is 2.49. The lowest BCUT2D eigenvalue weighted by molar-refractivity contribution is 0.247. The van der Waals surface area contributed by atoms with E-state index in [-0.39, 0.29) is 6.03 Å². The number of carbonyl (C=O) groups is 1. The Labute approximate surface area is 139 Å². The van der Waals surface area contributed by atoms with Crippen molar-refractivity contribution in [1.29, 1.82) is 0 Å². The van der Waals surface area contributed by atoms with Gasteiger partial charge in [-0.15, -0.1) is 0 Å². The van der Waals surface area contributed by atoms with Gasteiger partial charge in [0.25, 0.3) is 0 Å². The summed E-state index contributed by atoms with van der Waals surface area (Å²) in [5, 5.41) is 5.57. The van der Waals surface area contributed by atoms with Crippen LogP contribution in [-0.4, -0.2) is 19.2 Å². The number of para-hydroxylation sites is 1. The van der Waals surface area contributed by atoms with Crippen molar-refractivity contribution in [3.8, 4) is 5.75 Å². The SMILES string of the molecule is Cc1ccc(NC(=O)NCCOc2ccccc2Br)cc1C. The fraction of sp³-hybridized carbons (Fsp3) is 0.235. The van der Waals surface area contributed by atoms with Gasteiger partial charge in [-0.1, -0.05) is 18.2 Å². The number of anilines is 1.